The van der Waals surface area contributed by atoms with Gasteiger partial charge in [-0.3, -0.25) is 0 Å². The summed E-state index contributed by atoms with van der Waals surface area (Å²) in [7, 11) is -3.47. The van der Waals surface area contributed by atoms with E-state index in [9.17, 15) is 8.42 Å². The van der Waals surface area contributed by atoms with Gasteiger partial charge in [-0.15, -0.1) is 0 Å². The molecule has 2 heterocycles. The van der Waals surface area contributed by atoms with Gasteiger partial charge in [0, 0.05) is 19.6 Å². The molecule has 1 atom stereocenters. The Hall–Kier alpha value is -1.69. The SMILES string of the molecule is CCCN1CC[C@@]2(C1)c1ccccc1S(=O)(=O)N2Cc1ccccc1. The molecule has 0 aromatic heterocycles. The number of likely N-dealkylation sites (tertiary alicyclic amines) is 1. The van der Waals surface area contributed by atoms with E-state index in [1.807, 2.05) is 48.5 Å². The molecule has 4 rings (SSSR count). The van der Waals surface area contributed by atoms with Crippen LogP contribution in [-0.2, 0) is 22.1 Å². The number of hydrogen-bond acceptors (Lipinski definition) is 3. The predicted octanol–water partition coefficient (Wildman–Crippen LogP) is 3.20. The van der Waals surface area contributed by atoms with E-state index < -0.39 is 15.6 Å². The van der Waals surface area contributed by atoms with Gasteiger partial charge in [-0.25, -0.2) is 8.42 Å². The summed E-state index contributed by atoms with van der Waals surface area (Å²) in [4.78, 5) is 2.89. The minimum atomic E-state index is -3.47. The maximum atomic E-state index is 13.3. The highest BCUT2D eigenvalue weighted by Gasteiger charge is 2.56. The molecule has 0 amide bonds. The molecule has 1 fully saturated rings. The molecular weight excluding hydrogens is 332 g/mol. The zero-order chi connectivity index (χ0) is 17.5. The number of sulfonamides is 1. The molecule has 0 radical (unpaired) electrons. The second-order valence-electron chi connectivity index (χ2n) is 7.05. The first-order valence-corrected chi connectivity index (χ1v) is 10.4. The molecule has 5 heteroatoms. The average molecular weight is 356 g/mol. The molecule has 1 saturated heterocycles. The van der Waals surface area contributed by atoms with Gasteiger partial charge < -0.3 is 4.90 Å². The van der Waals surface area contributed by atoms with Crippen molar-refractivity contribution in [2.24, 2.45) is 0 Å². The molecule has 132 valence electrons. The Labute approximate surface area is 150 Å². The summed E-state index contributed by atoms with van der Waals surface area (Å²) in [6.45, 7) is 5.35. The van der Waals surface area contributed by atoms with E-state index in [-0.39, 0.29) is 0 Å². The van der Waals surface area contributed by atoms with Crippen molar-refractivity contribution in [3.8, 4) is 0 Å². The molecule has 1 spiro atoms. The van der Waals surface area contributed by atoms with E-state index in [1.54, 1.807) is 10.4 Å². The van der Waals surface area contributed by atoms with Crippen molar-refractivity contribution in [2.45, 2.75) is 36.7 Å². The average Bonchev–Trinajstić information content (AvgIpc) is 3.12. The van der Waals surface area contributed by atoms with Gasteiger partial charge in [0.25, 0.3) is 0 Å². The number of benzene rings is 2. The van der Waals surface area contributed by atoms with E-state index in [0.29, 0.717) is 11.4 Å². The van der Waals surface area contributed by atoms with Gasteiger partial charge in [0.1, 0.15) is 0 Å². The molecule has 0 saturated carbocycles. The molecule has 0 bridgehead atoms. The zero-order valence-corrected chi connectivity index (χ0v) is 15.4. The first-order chi connectivity index (χ1) is 12.1. The Morgan fingerprint density at radius 1 is 1.04 bits per heavy atom. The van der Waals surface area contributed by atoms with Gasteiger partial charge in [-0.1, -0.05) is 55.5 Å². The molecule has 2 aromatic rings. The molecule has 25 heavy (non-hydrogen) atoms. The van der Waals surface area contributed by atoms with Crippen LogP contribution in [0.15, 0.2) is 59.5 Å². The van der Waals surface area contributed by atoms with Crippen LogP contribution in [0.25, 0.3) is 0 Å². The number of fused-ring (bicyclic) bond motifs is 2. The van der Waals surface area contributed by atoms with E-state index in [4.69, 9.17) is 0 Å². The number of hydrogen-bond donors (Lipinski definition) is 0. The Balaban J connectivity index is 1.80. The lowest BCUT2D eigenvalue weighted by atomic mass is 9.88. The Kier molecular flexibility index (Phi) is 4.18. The van der Waals surface area contributed by atoms with Crippen LogP contribution >= 0.6 is 0 Å². The molecule has 2 aliphatic heterocycles. The van der Waals surface area contributed by atoms with Crippen LogP contribution in [0.3, 0.4) is 0 Å². The minimum Gasteiger partial charge on any atom is -0.301 e. The Morgan fingerprint density at radius 2 is 1.76 bits per heavy atom. The highest BCUT2D eigenvalue weighted by atomic mass is 32.2. The Morgan fingerprint density at radius 3 is 2.52 bits per heavy atom. The minimum absolute atomic E-state index is 0.428. The van der Waals surface area contributed by atoms with Crippen LogP contribution in [0.5, 0.6) is 0 Å². The topological polar surface area (TPSA) is 40.6 Å². The summed E-state index contributed by atoms with van der Waals surface area (Å²) < 4.78 is 28.4. The Bertz CT molecular complexity index is 866. The molecule has 0 aliphatic carbocycles. The highest BCUT2D eigenvalue weighted by molar-refractivity contribution is 7.89. The van der Waals surface area contributed by atoms with Crippen molar-refractivity contribution in [3.05, 3.63) is 65.7 Å². The summed E-state index contributed by atoms with van der Waals surface area (Å²) >= 11 is 0. The fourth-order valence-electron chi connectivity index (χ4n) is 4.35. The van der Waals surface area contributed by atoms with Crippen LogP contribution in [0.2, 0.25) is 0 Å². The summed E-state index contributed by atoms with van der Waals surface area (Å²) in [5.74, 6) is 0. The van der Waals surface area contributed by atoms with Crippen molar-refractivity contribution < 1.29 is 8.42 Å². The lowest BCUT2D eigenvalue weighted by Crippen LogP contribution is -2.45. The quantitative estimate of drug-likeness (QED) is 0.845. The summed E-state index contributed by atoms with van der Waals surface area (Å²) in [5.41, 5.74) is 1.58. The molecule has 2 aromatic carbocycles. The zero-order valence-electron chi connectivity index (χ0n) is 14.6. The lowest BCUT2D eigenvalue weighted by molar-refractivity contribution is 0.187. The summed E-state index contributed by atoms with van der Waals surface area (Å²) in [5, 5.41) is 0. The largest absolute Gasteiger partial charge is 0.301 e. The van der Waals surface area contributed by atoms with E-state index in [1.165, 1.54) is 0 Å². The maximum Gasteiger partial charge on any atom is 0.244 e. The predicted molar refractivity (Wildman–Crippen MR) is 98.6 cm³/mol. The molecular formula is C20H24N2O2S. The van der Waals surface area contributed by atoms with Crippen molar-refractivity contribution in [2.75, 3.05) is 19.6 Å². The van der Waals surface area contributed by atoms with Crippen molar-refractivity contribution >= 4 is 10.0 Å². The smallest absolute Gasteiger partial charge is 0.244 e. The third kappa shape index (κ3) is 2.62. The van der Waals surface area contributed by atoms with Crippen LogP contribution < -0.4 is 0 Å². The second-order valence-corrected chi connectivity index (χ2v) is 8.88. The molecule has 4 nitrogen and oxygen atoms in total. The van der Waals surface area contributed by atoms with Gasteiger partial charge in [0.2, 0.25) is 10.0 Å². The summed E-state index contributed by atoms with van der Waals surface area (Å²) in [6, 6.07) is 17.5. The normalized spacial score (nSPS) is 25.5. The second kappa shape index (κ2) is 6.24. The van der Waals surface area contributed by atoms with Gasteiger partial charge in [-0.05, 0) is 36.6 Å². The highest BCUT2D eigenvalue weighted by Crippen LogP contribution is 2.49. The van der Waals surface area contributed by atoms with E-state index in [2.05, 4.69) is 11.8 Å². The van der Waals surface area contributed by atoms with Crippen LogP contribution in [0, 0.1) is 0 Å². The van der Waals surface area contributed by atoms with Crippen molar-refractivity contribution in [3.63, 3.8) is 0 Å². The van der Waals surface area contributed by atoms with Crippen LogP contribution in [0.4, 0.5) is 0 Å². The van der Waals surface area contributed by atoms with Crippen molar-refractivity contribution in [1.29, 1.82) is 0 Å². The van der Waals surface area contributed by atoms with Gasteiger partial charge in [0.15, 0.2) is 0 Å². The maximum absolute atomic E-state index is 13.3. The lowest BCUT2D eigenvalue weighted by Gasteiger charge is -2.34. The van der Waals surface area contributed by atoms with Crippen molar-refractivity contribution in [1.82, 2.24) is 9.21 Å². The first kappa shape index (κ1) is 16.8. The third-order valence-corrected chi connectivity index (χ3v) is 7.44. The summed E-state index contributed by atoms with van der Waals surface area (Å²) in [6.07, 6.45) is 1.94. The fraction of sp³-hybridized carbons (Fsp3) is 0.400. The first-order valence-electron chi connectivity index (χ1n) is 8.96. The van der Waals surface area contributed by atoms with Crippen LogP contribution in [-0.4, -0.2) is 37.3 Å². The fourth-order valence-corrected chi connectivity index (χ4v) is 6.40. The van der Waals surface area contributed by atoms with E-state index >= 15 is 0 Å². The van der Waals surface area contributed by atoms with Gasteiger partial charge in [-0.2, -0.15) is 4.31 Å². The van der Waals surface area contributed by atoms with Crippen LogP contribution in [0.1, 0.15) is 30.9 Å². The third-order valence-electron chi connectivity index (χ3n) is 5.47. The molecule has 0 unspecified atom stereocenters. The van der Waals surface area contributed by atoms with Gasteiger partial charge >= 0.3 is 0 Å². The van der Waals surface area contributed by atoms with Gasteiger partial charge in [0.05, 0.1) is 10.4 Å². The monoisotopic (exact) mass is 356 g/mol. The molecule has 2 aliphatic rings. The molecule has 0 N–H and O–H groups in total. The number of rotatable bonds is 4. The number of nitrogens with zero attached hydrogens (tertiary/aromatic N) is 2. The standard InChI is InChI=1S/C20H24N2O2S/c1-2-13-21-14-12-20(16-21)18-10-6-7-11-19(18)25(23,24)22(20)15-17-8-4-3-5-9-17/h3-11H,2,12-16H2,1H3/t20-/m1/s1. The van der Waals surface area contributed by atoms with E-state index in [0.717, 1.165) is 43.6 Å².